The van der Waals surface area contributed by atoms with Crippen molar-refractivity contribution in [3.05, 3.63) is 89.1 Å². The van der Waals surface area contributed by atoms with E-state index in [0.717, 1.165) is 71.4 Å². The Morgan fingerprint density at radius 3 is 2.39 bits per heavy atom. The first-order chi connectivity index (χ1) is 17.7. The van der Waals surface area contributed by atoms with Gasteiger partial charge in [0.1, 0.15) is 11.5 Å². The molecule has 0 aliphatic rings. The smallest absolute Gasteiger partial charge is 0.309 e. The number of methoxy groups -OCH3 is 1. The molecule has 0 saturated heterocycles. The summed E-state index contributed by atoms with van der Waals surface area (Å²) in [6, 6.07) is 22.0. The topological polar surface area (TPSA) is 70.8 Å². The standard InChI is InChI=1S/C30H33NO5/c1-3-8-26-28(35-20-7-19-34-24-14-11-23(12-15-24)21-29(32)33-2)18-16-25-27(31-36-30(25)26)17-13-22-9-5-4-6-10-22/h4-6,9-12,14-16,18H,3,7-8,13,17,19-21H2,1-2H3. The Balaban J connectivity index is 1.31. The van der Waals surface area contributed by atoms with Crippen LogP contribution in [0.1, 0.15) is 42.1 Å². The van der Waals surface area contributed by atoms with Crippen LogP contribution in [-0.2, 0) is 35.2 Å². The van der Waals surface area contributed by atoms with Crippen LogP contribution in [0, 0.1) is 0 Å². The maximum atomic E-state index is 11.4. The van der Waals surface area contributed by atoms with Gasteiger partial charge in [-0.05, 0) is 54.7 Å². The highest BCUT2D eigenvalue weighted by atomic mass is 16.5. The maximum Gasteiger partial charge on any atom is 0.309 e. The van der Waals surface area contributed by atoms with Gasteiger partial charge in [0.15, 0.2) is 5.58 Å². The highest BCUT2D eigenvalue weighted by Gasteiger charge is 2.16. The van der Waals surface area contributed by atoms with Gasteiger partial charge in [-0.25, -0.2) is 0 Å². The molecule has 6 nitrogen and oxygen atoms in total. The fourth-order valence-corrected chi connectivity index (χ4v) is 4.17. The molecule has 4 rings (SSSR count). The molecule has 3 aromatic carbocycles. The number of nitrogens with zero attached hydrogens (tertiary/aromatic N) is 1. The lowest BCUT2D eigenvalue weighted by Gasteiger charge is -2.12. The third-order valence-electron chi connectivity index (χ3n) is 6.08. The maximum absolute atomic E-state index is 11.4. The molecule has 0 aliphatic carbocycles. The molecule has 188 valence electrons. The molecule has 0 radical (unpaired) electrons. The van der Waals surface area contributed by atoms with Crippen molar-refractivity contribution >= 4 is 16.9 Å². The largest absolute Gasteiger partial charge is 0.493 e. The molecular weight excluding hydrogens is 454 g/mol. The van der Waals surface area contributed by atoms with E-state index in [-0.39, 0.29) is 12.4 Å². The number of carbonyl (C=O) groups is 1. The van der Waals surface area contributed by atoms with Gasteiger partial charge in [0.2, 0.25) is 0 Å². The van der Waals surface area contributed by atoms with Gasteiger partial charge in [0, 0.05) is 17.4 Å². The minimum absolute atomic E-state index is 0.254. The molecule has 0 aliphatic heterocycles. The van der Waals surface area contributed by atoms with Crippen LogP contribution in [0.25, 0.3) is 11.0 Å². The van der Waals surface area contributed by atoms with Crippen molar-refractivity contribution in [1.82, 2.24) is 5.16 Å². The zero-order valence-corrected chi connectivity index (χ0v) is 21.0. The summed E-state index contributed by atoms with van der Waals surface area (Å²) in [6.07, 6.45) is 4.63. The first-order valence-corrected chi connectivity index (χ1v) is 12.5. The van der Waals surface area contributed by atoms with Crippen LogP contribution in [0.15, 0.2) is 71.3 Å². The third-order valence-corrected chi connectivity index (χ3v) is 6.08. The van der Waals surface area contributed by atoms with Crippen molar-refractivity contribution < 1.29 is 23.5 Å². The number of carbonyl (C=O) groups excluding carboxylic acids is 1. The van der Waals surface area contributed by atoms with E-state index < -0.39 is 0 Å². The van der Waals surface area contributed by atoms with Crippen molar-refractivity contribution in [3.8, 4) is 11.5 Å². The zero-order chi connectivity index (χ0) is 25.2. The lowest BCUT2D eigenvalue weighted by Crippen LogP contribution is -2.07. The van der Waals surface area contributed by atoms with E-state index in [1.165, 1.54) is 12.7 Å². The fourth-order valence-electron chi connectivity index (χ4n) is 4.17. The van der Waals surface area contributed by atoms with Crippen LogP contribution in [0.2, 0.25) is 0 Å². The summed E-state index contributed by atoms with van der Waals surface area (Å²) in [5.41, 5.74) is 5.09. The highest BCUT2D eigenvalue weighted by Crippen LogP contribution is 2.32. The normalized spacial score (nSPS) is 10.9. The van der Waals surface area contributed by atoms with Gasteiger partial charge in [-0.1, -0.05) is 61.0 Å². The molecule has 0 saturated carbocycles. The van der Waals surface area contributed by atoms with E-state index in [2.05, 4.69) is 42.4 Å². The van der Waals surface area contributed by atoms with Crippen LogP contribution in [-0.4, -0.2) is 31.4 Å². The predicted molar refractivity (Wildman–Crippen MR) is 140 cm³/mol. The van der Waals surface area contributed by atoms with Gasteiger partial charge in [-0.2, -0.15) is 0 Å². The van der Waals surface area contributed by atoms with Crippen LogP contribution < -0.4 is 9.47 Å². The molecule has 0 amide bonds. The van der Waals surface area contributed by atoms with Crippen molar-refractivity contribution in [2.75, 3.05) is 20.3 Å². The third kappa shape index (κ3) is 6.66. The molecule has 1 aromatic heterocycles. The van der Waals surface area contributed by atoms with Crippen LogP contribution in [0.3, 0.4) is 0 Å². The second-order valence-electron chi connectivity index (χ2n) is 8.73. The number of hydrogen-bond acceptors (Lipinski definition) is 6. The Morgan fingerprint density at radius 1 is 0.861 bits per heavy atom. The van der Waals surface area contributed by atoms with E-state index in [1.807, 2.05) is 36.4 Å². The van der Waals surface area contributed by atoms with Crippen LogP contribution in [0.5, 0.6) is 11.5 Å². The number of fused-ring (bicyclic) bond motifs is 1. The Labute approximate surface area is 212 Å². The molecule has 0 unspecified atom stereocenters. The van der Waals surface area contributed by atoms with E-state index in [0.29, 0.717) is 13.2 Å². The summed E-state index contributed by atoms with van der Waals surface area (Å²) in [7, 11) is 1.39. The first-order valence-electron chi connectivity index (χ1n) is 12.5. The van der Waals surface area contributed by atoms with Crippen LogP contribution in [0.4, 0.5) is 0 Å². The fraction of sp³-hybridized carbons (Fsp3) is 0.333. The van der Waals surface area contributed by atoms with E-state index in [4.69, 9.17) is 18.7 Å². The van der Waals surface area contributed by atoms with Crippen molar-refractivity contribution in [2.24, 2.45) is 0 Å². The first kappa shape index (κ1) is 25.3. The average molecular weight is 488 g/mol. The average Bonchev–Trinajstić information content (AvgIpc) is 3.33. The lowest BCUT2D eigenvalue weighted by atomic mass is 10.0. The Kier molecular flexibility index (Phi) is 8.98. The summed E-state index contributed by atoms with van der Waals surface area (Å²) in [4.78, 5) is 11.4. The Morgan fingerprint density at radius 2 is 1.64 bits per heavy atom. The Bertz CT molecular complexity index is 1250. The number of hydrogen-bond donors (Lipinski definition) is 0. The highest BCUT2D eigenvalue weighted by molar-refractivity contribution is 5.84. The molecule has 0 spiro atoms. The summed E-state index contributed by atoms with van der Waals surface area (Å²) in [5.74, 6) is 1.36. The van der Waals surface area contributed by atoms with E-state index >= 15 is 0 Å². The van der Waals surface area contributed by atoms with Gasteiger partial charge in [0.25, 0.3) is 0 Å². The van der Waals surface area contributed by atoms with Gasteiger partial charge < -0.3 is 18.7 Å². The molecule has 6 heteroatoms. The molecule has 0 fully saturated rings. The number of ether oxygens (including phenoxy) is 3. The molecule has 0 N–H and O–H groups in total. The minimum Gasteiger partial charge on any atom is -0.493 e. The van der Waals surface area contributed by atoms with Gasteiger partial charge in [0.05, 0.1) is 32.4 Å². The number of esters is 1. The second kappa shape index (κ2) is 12.8. The zero-order valence-electron chi connectivity index (χ0n) is 21.0. The van der Waals surface area contributed by atoms with Crippen molar-refractivity contribution in [3.63, 3.8) is 0 Å². The number of aryl methyl sites for hydroxylation is 3. The molecule has 36 heavy (non-hydrogen) atoms. The molecule has 1 heterocycles. The van der Waals surface area contributed by atoms with E-state index in [9.17, 15) is 4.79 Å². The van der Waals surface area contributed by atoms with Gasteiger partial charge in [-0.3, -0.25) is 4.79 Å². The van der Waals surface area contributed by atoms with Crippen molar-refractivity contribution in [1.29, 1.82) is 0 Å². The van der Waals surface area contributed by atoms with E-state index in [1.54, 1.807) is 0 Å². The quantitative estimate of drug-likeness (QED) is 0.167. The molecule has 0 bridgehead atoms. The van der Waals surface area contributed by atoms with Gasteiger partial charge >= 0.3 is 5.97 Å². The number of benzene rings is 3. The Hall–Kier alpha value is -3.80. The van der Waals surface area contributed by atoms with Crippen molar-refractivity contribution in [2.45, 2.75) is 45.4 Å². The van der Waals surface area contributed by atoms with Crippen LogP contribution >= 0.6 is 0 Å². The summed E-state index contributed by atoms with van der Waals surface area (Å²) < 4.78 is 22.5. The molecule has 4 aromatic rings. The number of rotatable bonds is 13. The van der Waals surface area contributed by atoms with Gasteiger partial charge in [-0.15, -0.1) is 0 Å². The molecular formula is C30H33NO5. The summed E-state index contributed by atoms with van der Waals surface area (Å²) in [6.45, 7) is 3.23. The minimum atomic E-state index is -0.254. The summed E-state index contributed by atoms with van der Waals surface area (Å²) in [5, 5.41) is 5.46. The monoisotopic (exact) mass is 487 g/mol. The SMILES string of the molecule is CCCc1c(OCCCOc2ccc(CC(=O)OC)cc2)ccc2c(CCc3ccccc3)noc12. The predicted octanol–water partition coefficient (Wildman–Crippen LogP) is 6.13. The summed E-state index contributed by atoms with van der Waals surface area (Å²) >= 11 is 0. The second-order valence-corrected chi connectivity index (χ2v) is 8.73. The number of aromatic nitrogens is 1. The lowest BCUT2D eigenvalue weighted by molar-refractivity contribution is -0.139. The molecule has 0 atom stereocenters.